The molecule has 0 radical (unpaired) electrons. The van der Waals surface area contributed by atoms with Crippen LogP contribution in [0.15, 0.2) is 170 Å². The fourth-order valence-corrected chi connectivity index (χ4v) is 10.7. The van der Waals surface area contributed by atoms with Gasteiger partial charge in [0.2, 0.25) is 0 Å². The highest BCUT2D eigenvalue weighted by atomic mass is 32.1. The molecule has 2 heteroatoms. The van der Waals surface area contributed by atoms with E-state index in [9.17, 15) is 0 Å². The molecule has 0 bridgehead atoms. The Labute approximate surface area is 297 Å². The number of hydrogen-bond donors (Lipinski definition) is 0. The molecule has 2 aromatic heterocycles. The molecule has 0 nitrogen and oxygen atoms in total. The Kier molecular flexibility index (Phi) is 6.09. The predicted molar refractivity (Wildman–Crippen MR) is 221 cm³/mol. The molecule has 232 valence electrons. The van der Waals surface area contributed by atoms with Gasteiger partial charge in [0.1, 0.15) is 0 Å². The smallest absolute Gasteiger partial charge is 0.0534 e. The maximum Gasteiger partial charge on any atom is 0.0534 e. The van der Waals surface area contributed by atoms with E-state index in [2.05, 4.69) is 170 Å². The van der Waals surface area contributed by atoms with Crippen molar-refractivity contribution < 1.29 is 0 Å². The molecule has 0 amide bonds. The third kappa shape index (κ3) is 4.16. The van der Waals surface area contributed by atoms with Crippen LogP contribution in [0, 0.1) is 0 Å². The minimum Gasteiger partial charge on any atom is -0.134 e. The molecule has 2 heterocycles. The van der Waals surface area contributed by atoms with Crippen molar-refractivity contribution in [1.29, 1.82) is 0 Å². The summed E-state index contributed by atoms with van der Waals surface area (Å²) in [5.74, 6) is 0. The molecule has 0 spiro atoms. The van der Waals surface area contributed by atoms with E-state index in [4.69, 9.17) is 0 Å². The standard InChI is InChI=1S/C48H28S2/c1-2-11-30-26-34(21-20-29(30)10-1)46-39-17-5-3-15-37(39)45(38-16-4-6-18-40(38)46)33-13-9-12-31(27-33)32-22-23-36-42-25-24-41-35-14-7-8-19-43(35)49-47(41)48(42)50-44(36)28-32/h1-28H. The maximum atomic E-state index is 2.40. The van der Waals surface area contributed by atoms with Gasteiger partial charge in [0.15, 0.2) is 0 Å². The molecule has 11 rings (SSSR count). The molecule has 0 unspecified atom stereocenters. The van der Waals surface area contributed by atoms with Crippen molar-refractivity contribution in [3.8, 4) is 33.4 Å². The van der Waals surface area contributed by atoms with E-state index in [0.29, 0.717) is 0 Å². The SMILES string of the molecule is c1cc(-c2ccc3c(c2)sc2c3ccc3c4ccccc4sc32)cc(-c2c3ccccc3c(-c3ccc4ccccc4c3)c3ccccc23)c1. The van der Waals surface area contributed by atoms with Gasteiger partial charge in [0.05, 0.1) is 9.40 Å². The van der Waals surface area contributed by atoms with E-state index in [1.165, 1.54) is 106 Å². The second-order valence-electron chi connectivity index (χ2n) is 13.2. The van der Waals surface area contributed by atoms with Crippen LogP contribution in [0.4, 0.5) is 0 Å². The molecular formula is C48H28S2. The Hall–Kier alpha value is -5.80. The molecule has 50 heavy (non-hydrogen) atoms. The summed E-state index contributed by atoms with van der Waals surface area (Å²) in [6, 6.07) is 63.0. The van der Waals surface area contributed by atoms with E-state index in [-0.39, 0.29) is 0 Å². The van der Waals surface area contributed by atoms with Gasteiger partial charge in [-0.1, -0.05) is 146 Å². The summed E-state index contributed by atoms with van der Waals surface area (Å²) < 4.78 is 5.49. The van der Waals surface area contributed by atoms with E-state index < -0.39 is 0 Å². The lowest BCUT2D eigenvalue weighted by Crippen LogP contribution is -1.91. The Morgan fingerprint density at radius 1 is 0.260 bits per heavy atom. The van der Waals surface area contributed by atoms with Gasteiger partial charge >= 0.3 is 0 Å². The van der Waals surface area contributed by atoms with Crippen molar-refractivity contribution in [2.24, 2.45) is 0 Å². The Morgan fingerprint density at radius 3 is 1.44 bits per heavy atom. The second kappa shape index (κ2) is 10.9. The summed E-state index contributed by atoms with van der Waals surface area (Å²) in [5, 5.41) is 13.1. The first-order chi connectivity index (χ1) is 24.8. The molecule has 11 aromatic rings. The average molecular weight is 669 g/mol. The first-order valence-corrected chi connectivity index (χ1v) is 18.7. The Bertz CT molecular complexity index is 3100. The quantitative estimate of drug-likeness (QED) is 0.164. The number of thiophene rings is 2. The molecule has 0 aliphatic carbocycles. The van der Waals surface area contributed by atoms with Crippen molar-refractivity contribution >= 4 is 95.3 Å². The topological polar surface area (TPSA) is 0 Å². The van der Waals surface area contributed by atoms with Gasteiger partial charge in [-0.25, -0.2) is 0 Å². The van der Waals surface area contributed by atoms with Crippen LogP contribution in [0.2, 0.25) is 0 Å². The van der Waals surface area contributed by atoms with Crippen LogP contribution < -0.4 is 0 Å². The van der Waals surface area contributed by atoms with Crippen molar-refractivity contribution in [2.75, 3.05) is 0 Å². The zero-order valence-electron chi connectivity index (χ0n) is 27.0. The van der Waals surface area contributed by atoms with Crippen molar-refractivity contribution in [1.82, 2.24) is 0 Å². The van der Waals surface area contributed by atoms with Crippen LogP contribution in [-0.2, 0) is 0 Å². The van der Waals surface area contributed by atoms with Crippen molar-refractivity contribution in [3.63, 3.8) is 0 Å². The molecule has 0 aliphatic rings. The van der Waals surface area contributed by atoms with E-state index in [1.807, 2.05) is 22.7 Å². The summed E-state index contributed by atoms with van der Waals surface area (Å²) in [7, 11) is 0. The van der Waals surface area contributed by atoms with Gasteiger partial charge in [-0.05, 0) is 90.0 Å². The second-order valence-corrected chi connectivity index (χ2v) is 15.3. The monoisotopic (exact) mass is 668 g/mol. The zero-order valence-corrected chi connectivity index (χ0v) is 28.6. The number of rotatable bonds is 3. The van der Waals surface area contributed by atoms with Crippen LogP contribution >= 0.6 is 22.7 Å². The van der Waals surface area contributed by atoms with Crippen molar-refractivity contribution in [3.05, 3.63) is 170 Å². The number of hydrogen-bond acceptors (Lipinski definition) is 2. The molecule has 0 atom stereocenters. The lowest BCUT2D eigenvalue weighted by Gasteiger charge is -2.18. The molecule has 0 saturated heterocycles. The van der Waals surface area contributed by atoms with E-state index >= 15 is 0 Å². The Morgan fingerprint density at radius 2 is 0.740 bits per heavy atom. The van der Waals surface area contributed by atoms with Crippen molar-refractivity contribution in [2.45, 2.75) is 0 Å². The van der Waals surface area contributed by atoms with Gasteiger partial charge in [-0.3, -0.25) is 0 Å². The van der Waals surface area contributed by atoms with Crippen LogP contribution in [0.3, 0.4) is 0 Å². The summed E-state index contributed by atoms with van der Waals surface area (Å²) in [4.78, 5) is 0. The summed E-state index contributed by atoms with van der Waals surface area (Å²) in [6.45, 7) is 0. The largest absolute Gasteiger partial charge is 0.134 e. The first-order valence-electron chi connectivity index (χ1n) is 17.1. The van der Waals surface area contributed by atoms with Crippen LogP contribution in [0.1, 0.15) is 0 Å². The van der Waals surface area contributed by atoms with Crippen LogP contribution in [-0.4, -0.2) is 0 Å². The van der Waals surface area contributed by atoms with Gasteiger partial charge in [-0.2, -0.15) is 0 Å². The van der Waals surface area contributed by atoms with E-state index in [1.54, 1.807) is 0 Å². The lowest BCUT2D eigenvalue weighted by molar-refractivity contribution is 1.63. The molecule has 0 saturated carbocycles. The maximum absolute atomic E-state index is 2.40. The highest BCUT2D eigenvalue weighted by Gasteiger charge is 2.18. The summed E-state index contributed by atoms with van der Waals surface area (Å²) in [6.07, 6.45) is 0. The third-order valence-corrected chi connectivity index (χ3v) is 13.0. The molecule has 0 N–H and O–H groups in total. The van der Waals surface area contributed by atoms with Gasteiger partial charge in [0.25, 0.3) is 0 Å². The minimum atomic E-state index is 1.24. The molecule has 0 fully saturated rings. The lowest BCUT2D eigenvalue weighted by atomic mass is 9.85. The average Bonchev–Trinajstić information content (AvgIpc) is 3.75. The molecular weight excluding hydrogens is 641 g/mol. The predicted octanol–water partition coefficient (Wildman–Crippen LogP) is 14.9. The molecule has 0 aliphatic heterocycles. The third-order valence-electron chi connectivity index (χ3n) is 10.4. The Balaban J connectivity index is 1.09. The number of benzene rings is 9. The highest BCUT2D eigenvalue weighted by Crippen LogP contribution is 2.47. The zero-order chi connectivity index (χ0) is 32.8. The van der Waals surface area contributed by atoms with Gasteiger partial charge in [0, 0.05) is 30.9 Å². The van der Waals surface area contributed by atoms with Gasteiger partial charge < -0.3 is 0 Å². The highest BCUT2D eigenvalue weighted by molar-refractivity contribution is 7.33. The fraction of sp³-hybridized carbons (Fsp3) is 0. The van der Waals surface area contributed by atoms with Crippen LogP contribution in [0.5, 0.6) is 0 Å². The van der Waals surface area contributed by atoms with E-state index in [0.717, 1.165) is 0 Å². The summed E-state index contributed by atoms with van der Waals surface area (Å²) in [5.41, 5.74) is 7.56. The van der Waals surface area contributed by atoms with Gasteiger partial charge in [-0.15, -0.1) is 22.7 Å². The van der Waals surface area contributed by atoms with Crippen LogP contribution in [0.25, 0.3) is 106 Å². The molecule has 9 aromatic carbocycles. The fourth-order valence-electron chi connectivity index (χ4n) is 8.15. The first kappa shape index (κ1) is 28.1. The number of fused-ring (bicyclic) bond motifs is 10. The minimum absolute atomic E-state index is 1.24. The normalized spacial score (nSPS) is 12.0. The summed E-state index contributed by atoms with van der Waals surface area (Å²) >= 11 is 3.85.